The van der Waals surface area contributed by atoms with Crippen molar-refractivity contribution in [3.8, 4) is 0 Å². The summed E-state index contributed by atoms with van der Waals surface area (Å²) in [5.41, 5.74) is 2.49. The number of para-hydroxylation sites is 1. The fourth-order valence-corrected chi connectivity index (χ4v) is 1.56. The average Bonchev–Trinajstić information content (AvgIpc) is 2.18. The zero-order valence-corrected chi connectivity index (χ0v) is 7.53. The Morgan fingerprint density at radius 3 is 3.08 bits per heavy atom. The number of hydrogen-bond donors (Lipinski definition) is 1. The fraction of sp³-hybridized carbons (Fsp3) is 0.167. The van der Waals surface area contributed by atoms with Crippen LogP contribution in [0.3, 0.4) is 0 Å². The minimum Gasteiger partial charge on any atom is -0.378 e. The zero-order chi connectivity index (χ0) is 9.10. The Hall–Kier alpha value is -1.50. The van der Waals surface area contributed by atoms with E-state index in [1.54, 1.807) is 0 Å². The highest BCUT2D eigenvalue weighted by atomic mass is 14.9. The summed E-state index contributed by atoms with van der Waals surface area (Å²) in [5, 5.41) is 3.44. The Morgan fingerprint density at radius 2 is 2.23 bits per heavy atom. The van der Waals surface area contributed by atoms with Crippen molar-refractivity contribution in [3.05, 3.63) is 48.6 Å². The molecule has 1 nitrogen and oxygen atoms in total. The molecule has 0 saturated heterocycles. The van der Waals surface area contributed by atoms with Crippen LogP contribution in [0.4, 0.5) is 5.69 Å². The normalized spacial score (nSPS) is 18.9. The first-order valence-electron chi connectivity index (χ1n) is 4.55. The van der Waals surface area contributed by atoms with Crippen molar-refractivity contribution in [2.24, 2.45) is 0 Å². The number of anilines is 1. The van der Waals surface area contributed by atoms with E-state index in [9.17, 15) is 0 Å². The van der Waals surface area contributed by atoms with Crippen LogP contribution in [0.1, 0.15) is 12.0 Å². The van der Waals surface area contributed by atoms with Gasteiger partial charge in [-0.05, 0) is 18.1 Å². The maximum atomic E-state index is 3.74. The van der Waals surface area contributed by atoms with Gasteiger partial charge in [0, 0.05) is 11.7 Å². The first-order chi connectivity index (χ1) is 6.40. The van der Waals surface area contributed by atoms with Gasteiger partial charge in [-0.3, -0.25) is 0 Å². The second-order valence-corrected chi connectivity index (χ2v) is 3.22. The van der Waals surface area contributed by atoms with Gasteiger partial charge in [-0.15, -0.1) is 6.58 Å². The van der Waals surface area contributed by atoms with E-state index < -0.39 is 0 Å². The third-order valence-corrected chi connectivity index (χ3v) is 2.23. The second kappa shape index (κ2) is 3.48. The van der Waals surface area contributed by atoms with E-state index in [1.807, 2.05) is 6.08 Å². The van der Waals surface area contributed by atoms with Crippen molar-refractivity contribution in [2.75, 3.05) is 5.32 Å². The van der Waals surface area contributed by atoms with Crippen LogP contribution >= 0.6 is 0 Å². The minimum atomic E-state index is 0.410. The highest BCUT2D eigenvalue weighted by Crippen LogP contribution is 2.23. The lowest BCUT2D eigenvalue weighted by Gasteiger charge is -2.20. The SMILES string of the molecule is C=CCC1C=Cc2ccccc2N1. The molecule has 0 aliphatic carbocycles. The van der Waals surface area contributed by atoms with Gasteiger partial charge in [-0.2, -0.15) is 0 Å². The standard InChI is InChI=1S/C12H13N/c1-2-5-11-9-8-10-6-3-4-7-12(10)13-11/h2-4,6-9,11,13H,1,5H2. The van der Waals surface area contributed by atoms with Crippen LogP contribution in [0.5, 0.6) is 0 Å². The summed E-state index contributed by atoms with van der Waals surface area (Å²) in [4.78, 5) is 0. The Morgan fingerprint density at radius 1 is 1.38 bits per heavy atom. The van der Waals surface area contributed by atoms with Gasteiger partial charge >= 0.3 is 0 Å². The van der Waals surface area contributed by atoms with Gasteiger partial charge in [0.1, 0.15) is 0 Å². The Kier molecular flexibility index (Phi) is 2.17. The number of rotatable bonds is 2. The zero-order valence-electron chi connectivity index (χ0n) is 7.53. The molecule has 0 spiro atoms. The molecule has 66 valence electrons. The summed E-state index contributed by atoms with van der Waals surface area (Å²) >= 11 is 0. The predicted octanol–water partition coefficient (Wildman–Crippen LogP) is 3.07. The van der Waals surface area contributed by atoms with Crippen molar-refractivity contribution in [3.63, 3.8) is 0 Å². The van der Waals surface area contributed by atoms with E-state index >= 15 is 0 Å². The van der Waals surface area contributed by atoms with Crippen molar-refractivity contribution in [2.45, 2.75) is 12.5 Å². The van der Waals surface area contributed by atoms with Gasteiger partial charge < -0.3 is 5.32 Å². The molecule has 0 amide bonds. The largest absolute Gasteiger partial charge is 0.378 e. The van der Waals surface area contributed by atoms with Crippen molar-refractivity contribution in [1.29, 1.82) is 0 Å². The molecule has 0 saturated carbocycles. The molecule has 0 fully saturated rings. The van der Waals surface area contributed by atoms with E-state index in [0.29, 0.717) is 6.04 Å². The molecule has 0 aromatic heterocycles. The van der Waals surface area contributed by atoms with Gasteiger partial charge in [-0.25, -0.2) is 0 Å². The van der Waals surface area contributed by atoms with Gasteiger partial charge in [0.15, 0.2) is 0 Å². The van der Waals surface area contributed by atoms with E-state index in [4.69, 9.17) is 0 Å². The van der Waals surface area contributed by atoms with E-state index in [2.05, 4.69) is 48.3 Å². The molecule has 1 aliphatic heterocycles. The molecule has 1 unspecified atom stereocenters. The van der Waals surface area contributed by atoms with Crippen molar-refractivity contribution in [1.82, 2.24) is 0 Å². The first kappa shape index (κ1) is 8.11. The molecule has 0 bridgehead atoms. The molecular formula is C12H13N. The third kappa shape index (κ3) is 1.64. The maximum absolute atomic E-state index is 3.74. The number of benzene rings is 1. The molecule has 1 heteroatoms. The van der Waals surface area contributed by atoms with Crippen LogP contribution in [-0.2, 0) is 0 Å². The van der Waals surface area contributed by atoms with Crippen LogP contribution < -0.4 is 5.32 Å². The average molecular weight is 171 g/mol. The van der Waals surface area contributed by atoms with Crippen LogP contribution in [0.15, 0.2) is 43.0 Å². The lowest BCUT2D eigenvalue weighted by molar-refractivity contribution is 0.892. The Bertz CT molecular complexity index is 339. The van der Waals surface area contributed by atoms with Crippen molar-refractivity contribution >= 4 is 11.8 Å². The molecule has 1 N–H and O–H groups in total. The van der Waals surface area contributed by atoms with Gasteiger partial charge in [0.25, 0.3) is 0 Å². The highest BCUT2D eigenvalue weighted by Gasteiger charge is 2.09. The van der Waals surface area contributed by atoms with Crippen LogP contribution in [0.2, 0.25) is 0 Å². The Balaban J connectivity index is 2.23. The lowest BCUT2D eigenvalue weighted by Crippen LogP contribution is -2.18. The number of fused-ring (bicyclic) bond motifs is 1. The quantitative estimate of drug-likeness (QED) is 0.674. The van der Waals surface area contributed by atoms with E-state index in [0.717, 1.165) is 6.42 Å². The molecule has 1 atom stereocenters. The lowest BCUT2D eigenvalue weighted by atomic mass is 10.0. The topological polar surface area (TPSA) is 12.0 Å². The summed E-state index contributed by atoms with van der Waals surface area (Å²) in [6.07, 6.45) is 7.27. The van der Waals surface area contributed by atoms with Crippen molar-refractivity contribution < 1.29 is 0 Å². The minimum absolute atomic E-state index is 0.410. The molecule has 1 heterocycles. The summed E-state index contributed by atoms with van der Waals surface area (Å²) in [7, 11) is 0. The van der Waals surface area contributed by atoms with E-state index in [1.165, 1.54) is 11.3 Å². The van der Waals surface area contributed by atoms with Crippen LogP contribution in [-0.4, -0.2) is 6.04 Å². The summed E-state index contributed by atoms with van der Waals surface area (Å²) in [5.74, 6) is 0. The fourth-order valence-electron chi connectivity index (χ4n) is 1.56. The Labute approximate surface area is 78.8 Å². The monoisotopic (exact) mass is 171 g/mol. The molecule has 1 aromatic carbocycles. The van der Waals surface area contributed by atoms with Gasteiger partial charge in [0.05, 0.1) is 0 Å². The predicted molar refractivity (Wildman–Crippen MR) is 57.7 cm³/mol. The number of hydrogen-bond acceptors (Lipinski definition) is 1. The smallest absolute Gasteiger partial charge is 0.0482 e. The second-order valence-electron chi connectivity index (χ2n) is 3.22. The molecule has 2 rings (SSSR count). The van der Waals surface area contributed by atoms with Gasteiger partial charge in [-0.1, -0.05) is 36.4 Å². The maximum Gasteiger partial charge on any atom is 0.0482 e. The molecule has 1 aliphatic rings. The summed E-state index contributed by atoms with van der Waals surface area (Å²) < 4.78 is 0. The third-order valence-electron chi connectivity index (χ3n) is 2.23. The molecule has 0 radical (unpaired) electrons. The van der Waals surface area contributed by atoms with E-state index in [-0.39, 0.29) is 0 Å². The molecule has 13 heavy (non-hydrogen) atoms. The summed E-state index contributed by atoms with van der Waals surface area (Å²) in [6.45, 7) is 3.74. The summed E-state index contributed by atoms with van der Waals surface area (Å²) in [6, 6.07) is 8.74. The first-order valence-corrected chi connectivity index (χ1v) is 4.55. The van der Waals surface area contributed by atoms with Crippen LogP contribution in [0, 0.1) is 0 Å². The number of nitrogens with one attached hydrogen (secondary N) is 1. The van der Waals surface area contributed by atoms with Gasteiger partial charge in [0.2, 0.25) is 0 Å². The molecule has 1 aromatic rings. The highest BCUT2D eigenvalue weighted by molar-refractivity contribution is 5.70. The van der Waals surface area contributed by atoms with Crippen LogP contribution in [0.25, 0.3) is 6.08 Å². The molecular weight excluding hydrogens is 158 g/mol.